The molecule has 13 heteroatoms. The summed E-state index contributed by atoms with van der Waals surface area (Å²) >= 11 is 12.5. The van der Waals surface area contributed by atoms with E-state index in [0.29, 0.717) is 28.1 Å². The molecule has 0 aliphatic carbocycles. The third-order valence-corrected chi connectivity index (χ3v) is 7.47. The Morgan fingerprint density at radius 2 is 1.89 bits per heavy atom. The molecule has 192 valence electrons. The molecular formula is C23H27Cl2N7O3S. The summed E-state index contributed by atoms with van der Waals surface area (Å²) < 4.78 is 28.0. The molecule has 2 aliphatic heterocycles. The molecule has 2 aromatic heterocycles. The third-order valence-electron chi connectivity index (χ3n) is 6.45. The summed E-state index contributed by atoms with van der Waals surface area (Å²) in [6, 6.07) is 7.95. The SMILES string of the molecule is CS(=O)(=O)Nc1ccc(Cl)cc1C(=O)N1CCCC[C@H]1c1cc2nc(Cl)cc(N3CCNCC3)n2n1. The van der Waals surface area contributed by atoms with Crippen LogP contribution in [0.25, 0.3) is 5.65 Å². The molecule has 3 aromatic rings. The molecule has 0 saturated carbocycles. The number of nitrogens with zero attached hydrogens (tertiary/aromatic N) is 5. The van der Waals surface area contributed by atoms with Gasteiger partial charge < -0.3 is 15.1 Å². The molecule has 10 nitrogen and oxygen atoms in total. The maximum Gasteiger partial charge on any atom is 0.256 e. The molecule has 0 unspecified atom stereocenters. The second kappa shape index (κ2) is 10.0. The van der Waals surface area contributed by atoms with Crippen molar-refractivity contribution in [1.29, 1.82) is 0 Å². The fourth-order valence-electron chi connectivity index (χ4n) is 4.85. The number of hydrogen-bond acceptors (Lipinski definition) is 7. The van der Waals surface area contributed by atoms with Gasteiger partial charge >= 0.3 is 0 Å². The summed E-state index contributed by atoms with van der Waals surface area (Å²) in [4.78, 5) is 22.2. The van der Waals surface area contributed by atoms with Gasteiger partial charge in [0.25, 0.3) is 5.91 Å². The van der Waals surface area contributed by atoms with Gasteiger partial charge in [-0.3, -0.25) is 9.52 Å². The number of carbonyl (C=O) groups is 1. The van der Waals surface area contributed by atoms with E-state index < -0.39 is 10.0 Å². The maximum atomic E-state index is 13.8. The number of benzene rings is 1. The van der Waals surface area contributed by atoms with E-state index in [0.717, 1.165) is 57.5 Å². The molecule has 2 fully saturated rings. The first-order chi connectivity index (χ1) is 17.2. The van der Waals surface area contributed by atoms with Crippen molar-refractivity contribution in [2.75, 3.05) is 48.6 Å². The van der Waals surface area contributed by atoms with E-state index in [1.54, 1.807) is 15.5 Å². The van der Waals surface area contributed by atoms with Crippen LogP contribution in [0.4, 0.5) is 11.5 Å². The third kappa shape index (κ3) is 5.24. The summed E-state index contributed by atoms with van der Waals surface area (Å²) in [5.74, 6) is 0.555. The monoisotopic (exact) mass is 551 g/mol. The van der Waals surface area contributed by atoms with Gasteiger partial charge in [0.05, 0.1) is 29.2 Å². The predicted molar refractivity (Wildman–Crippen MR) is 141 cm³/mol. The van der Waals surface area contributed by atoms with Gasteiger partial charge in [0, 0.05) is 49.9 Å². The molecule has 36 heavy (non-hydrogen) atoms. The second-order valence-corrected chi connectivity index (χ2v) is 11.7. The zero-order chi connectivity index (χ0) is 25.4. The zero-order valence-corrected chi connectivity index (χ0v) is 22.1. The summed E-state index contributed by atoms with van der Waals surface area (Å²) in [6.07, 6.45) is 3.54. The fourth-order valence-corrected chi connectivity index (χ4v) is 5.78. The highest BCUT2D eigenvalue weighted by Gasteiger charge is 2.32. The van der Waals surface area contributed by atoms with E-state index in [9.17, 15) is 13.2 Å². The lowest BCUT2D eigenvalue weighted by atomic mass is 9.98. The number of nitrogens with one attached hydrogen (secondary N) is 2. The second-order valence-electron chi connectivity index (χ2n) is 9.09. The van der Waals surface area contributed by atoms with E-state index in [1.807, 2.05) is 12.1 Å². The lowest BCUT2D eigenvalue weighted by Gasteiger charge is -2.35. The van der Waals surface area contributed by atoms with Crippen molar-refractivity contribution in [1.82, 2.24) is 24.8 Å². The summed E-state index contributed by atoms with van der Waals surface area (Å²) in [5.41, 5.74) is 1.73. The number of fused-ring (bicyclic) bond motifs is 1. The molecule has 1 aromatic carbocycles. The van der Waals surface area contributed by atoms with Crippen LogP contribution >= 0.6 is 23.2 Å². The van der Waals surface area contributed by atoms with Crippen LogP contribution in [-0.4, -0.2) is 72.8 Å². The number of aromatic nitrogens is 3. The smallest absolute Gasteiger partial charge is 0.256 e. The Balaban J connectivity index is 1.52. The summed E-state index contributed by atoms with van der Waals surface area (Å²) in [6.45, 7) is 3.89. The Hall–Kier alpha value is -2.60. The number of amides is 1. The van der Waals surface area contributed by atoms with Crippen molar-refractivity contribution in [3.63, 3.8) is 0 Å². The highest BCUT2D eigenvalue weighted by atomic mass is 35.5. The Labute approximate surface area is 219 Å². The van der Waals surface area contributed by atoms with Crippen LogP contribution in [0.15, 0.2) is 30.3 Å². The van der Waals surface area contributed by atoms with Crippen molar-refractivity contribution in [3.8, 4) is 0 Å². The minimum absolute atomic E-state index is 0.195. The van der Waals surface area contributed by atoms with Gasteiger partial charge in [0.2, 0.25) is 10.0 Å². The van der Waals surface area contributed by atoms with Gasteiger partial charge in [-0.2, -0.15) is 9.61 Å². The lowest BCUT2D eigenvalue weighted by Crippen LogP contribution is -2.44. The molecule has 1 atom stereocenters. The van der Waals surface area contributed by atoms with E-state index in [2.05, 4.69) is 19.9 Å². The molecule has 5 rings (SSSR count). The van der Waals surface area contributed by atoms with Crippen LogP contribution < -0.4 is 14.9 Å². The first-order valence-corrected chi connectivity index (χ1v) is 14.4. The van der Waals surface area contributed by atoms with Crippen molar-refractivity contribution < 1.29 is 13.2 Å². The highest BCUT2D eigenvalue weighted by Crippen LogP contribution is 2.35. The van der Waals surface area contributed by atoms with Crippen LogP contribution in [0.3, 0.4) is 0 Å². The van der Waals surface area contributed by atoms with Gasteiger partial charge in [-0.1, -0.05) is 23.2 Å². The first-order valence-electron chi connectivity index (χ1n) is 11.8. The number of likely N-dealkylation sites (tertiary alicyclic amines) is 1. The van der Waals surface area contributed by atoms with E-state index in [4.69, 9.17) is 28.3 Å². The molecule has 1 amide bonds. The molecule has 2 saturated heterocycles. The molecule has 4 heterocycles. The number of sulfonamides is 1. The highest BCUT2D eigenvalue weighted by molar-refractivity contribution is 7.92. The molecule has 2 aliphatic rings. The molecule has 0 bridgehead atoms. The number of halogens is 2. The van der Waals surface area contributed by atoms with E-state index >= 15 is 0 Å². The fraction of sp³-hybridized carbons (Fsp3) is 0.435. The number of carbonyl (C=O) groups excluding carboxylic acids is 1. The van der Waals surface area contributed by atoms with Crippen LogP contribution in [0, 0.1) is 0 Å². The predicted octanol–water partition coefficient (Wildman–Crippen LogP) is 3.18. The Morgan fingerprint density at radius 3 is 2.64 bits per heavy atom. The van der Waals surface area contributed by atoms with Gasteiger partial charge in [-0.25, -0.2) is 13.4 Å². The normalized spacial score (nSPS) is 19.0. The standard InChI is InChI=1S/C23H27Cl2N7O3S/c1-36(34,35)29-17-6-5-15(24)12-16(17)23(33)31-9-3-2-4-19(31)18-13-21-27-20(25)14-22(32(21)28-18)30-10-7-26-8-11-30/h5-6,12-14,19,26,29H,2-4,7-11H2,1H3/t19-/m0/s1. The molecule has 0 radical (unpaired) electrons. The van der Waals surface area contributed by atoms with Crippen molar-refractivity contribution >= 4 is 56.3 Å². The van der Waals surface area contributed by atoms with Gasteiger partial charge in [0.1, 0.15) is 11.0 Å². The zero-order valence-electron chi connectivity index (χ0n) is 19.7. The molecular weight excluding hydrogens is 525 g/mol. The average Bonchev–Trinajstić information content (AvgIpc) is 3.28. The van der Waals surface area contributed by atoms with Crippen molar-refractivity contribution in [2.24, 2.45) is 0 Å². The van der Waals surface area contributed by atoms with E-state index in [-0.39, 0.29) is 23.2 Å². The Morgan fingerprint density at radius 1 is 1.11 bits per heavy atom. The lowest BCUT2D eigenvalue weighted by molar-refractivity contribution is 0.0607. The largest absolute Gasteiger partial charge is 0.354 e. The van der Waals surface area contributed by atoms with Crippen LogP contribution in [0.5, 0.6) is 0 Å². The van der Waals surface area contributed by atoms with Crippen molar-refractivity contribution in [2.45, 2.75) is 25.3 Å². The Kier molecular flexibility index (Phi) is 6.99. The minimum Gasteiger partial charge on any atom is -0.354 e. The van der Waals surface area contributed by atoms with Crippen LogP contribution in [0.1, 0.15) is 41.4 Å². The van der Waals surface area contributed by atoms with E-state index in [1.165, 1.54) is 12.1 Å². The minimum atomic E-state index is -3.59. The average molecular weight is 552 g/mol. The number of piperidine rings is 1. The first kappa shape index (κ1) is 25.1. The molecule has 2 N–H and O–H groups in total. The van der Waals surface area contributed by atoms with Crippen LogP contribution in [0.2, 0.25) is 10.2 Å². The summed E-state index contributed by atoms with van der Waals surface area (Å²) in [5, 5.41) is 8.95. The quantitative estimate of drug-likeness (QED) is 0.468. The summed E-state index contributed by atoms with van der Waals surface area (Å²) in [7, 11) is -3.59. The maximum absolute atomic E-state index is 13.8. The van der Waals surface area contributed by atoms with Gasteiger partial charge in [0.15, 0.2) is 5.65 Å². The molecule has 0 spiro atoms. The number of anilines is 2. The van der Waals surface area contributed by atoms with Gasteiger partial charge in [-0.15, -0.1) is 0 Å². The Bertz CT molecular complexity index is 1410. The van der Waals surface area contributed by atoms with Crippen molar-refractivity contribution in [3.05, 3.63) is 51.8 Å². The topological polar surface area (TPSA) is 112 Å². The van der Waals surface area contributed by atoms with Gasteiger partial charge in [-0.05, 0) is 37.5 Å². The number of rotatable bonds is 5. The number of piperazine rings is 1. The van der Waals surface area contributed by atoms with Crippen LogP contribution in [-0.2, 0) is 10.0 Å². The number of hydrogen-bond donors (Lipinski definition) is 2.